The highest BCUT2D eigenvalue weighted by molar-refractivity contribution is 5.93. The van der Waals surface area contributed by atoms with E-state index in [0.717, 1.165) is 6.08 Å². The summed E-state index contributed by atoms with van der Waals surface area (Å²) in [6.45, 7) is 1.47. The number of carbonyl (C=O) groups excluding carboxylic acids is 2. The quantitative estimate of drug-likeness (QED) is 0.600. The molecule has 0 unspecified atom stereocenters. The maximum atomic E-state index is 13.6. The molecule has 2 amide bonds. The Morgan fingerprint density at radius 2 is 1.78 bits per heavy atom. The molecule has 2 aromatic rings. The number of benzene rings is 2. The van der Waals surface area contributed by atoms with E-state index < -0.39 is 29.6 Å². The number of hydrogen-bond donors (Lipinski definition) is 2. The van der Waals surface area contributed by atoms with E-state index in [1.807, 2.05) is 0 Å². The number of ether oxygens (including phenoxy) is 2. The predicted molar refractivity (Wildman–Crippen MR) is 94.8 cm³/mol. The van der Waals surface area contributed by atoms with Crippen LogP contribution in [-0.2, 0) is 9.59 Å². The van der Waals surface area contributed by atoms with E-state index in [1.165, 1.54) is 56.5 Å². The minimum absolute atomic E-state index is 0.0963. The SMILES string of the molecule is COc1ccc(/C=C/C(=O)NNC(=O)[C@@H](C)Oc2ccc(F)cc2)cc1F. The number of methoxy groups -OCH3 is 1. The molecule has 8 heteroatoms. The Kier molecular flexibility index (Phi) is 6.87. The van der Waals surface area contributed by atoms with E-state index in [0.29, 0.717) is 11.3 Å². The summed E-state index contributed by atoms with van der Waals surface area (Å²) in [5, 5.41) is 0. The summed E-state index contributed by atoms with van der Waals surface area (Å²) < 4.78 is 36.5. The number of hydrogen-bond acceptors (Lipinski definition) is 4. The summed E-state index contributed by atoms with van der Waals surface area (Å²) in [5.74, 6) is -1.79. The molecule has 0 fully saturated rings. The first-order valence-corrected chi connectivity index (χ1v) is 7.92. The number of rotatable bonds is 6. The van der Waals surface area contributed by atoms with Crippen molar-refractivity contribution in [2.45, 2.75) is 13.0 Å². The second kappa shape index (κ2) is 9.33. The molecule has 0 aliphatic carbocycles. The van der Waals surface area contributed by atoms with Crippen molar-refractivity contribution in [3.63, 3.8) is 0 Å². The summed E-state index contributed by atoms with van der Waals surface area (Å²) in [6, 6.07) is 9.39. The molecule has 142 valence electrons. The summed E-state index contributed by atoms with van der Waals surface area (Å²) >= 11 is 0. The van der Waals surface area contributed by atoms with Gasteiger partial charge in [-0.3, -0.25) is 20.4 Å². The van der Waals surface area contributed by atoms with Crippen LogP contribution < -0.4 is 20.3 Å². The van der Waals surface area contributed by atoms with Gasteiger partial charge in [0.1, 0.15) is 11.6 Å². The van der Waals surface area contributed by atoms with E-state index in [1.54, 1.807) is 6.07 Å². The third-order valence-electron chi connectivity index (χ3n) is 3.41. The van der Waals surface area contributed by atoms with E-state index >= 15 is 0 Å². The maximum absolute atomic E-state index is 13.6. The number of nitrogens with one attached hydrogen (secondary N) is 2. The van der Waals surface area contributed by atoms with Crippen LogP contribution >= 0.6 is 0 Å². The molecule has 0 aliphatic heterocycles. The lowest BCUT2D eigenvalue weighted by atomic mass is 10.2. The van der Waals surface area contributed by atoms with Crippen molar-refractivity contribution in [2.24, 2.45) is 0 Å². The van der Waals surface area contributed by atoms with Crippen molar-refractivity contribution in [1.29, 1.82) is 0 Å². The molecule has 0 saturated carbocycles. The summed E-state index contributed by atoms with van der Waals surface area (Å²) in [7, 11) is 1.35. The summed E-state index contributed by atoms with van der Waals surface area (Å²) in [5.41, 5.74) is 4.83. The van der Waals surface area contributed by atoms with Gasteiger partial charge in [-0.05, 0) is 55.0 Å². The van der Waals surface area contributed by atoms with Crippen molar-refractivity contribution in [2.75, 3.05) is 7.11 Å². The van der Waals surface area contributed by atoms with Gasteiger partial charge in [0.2, 0.25) is 0 Å². The molecule has 0 saturated heterocycles. The number of carbonyl (C=O) groups is 2. The first-order valence-electron chi connectivity index (χ1n) is 7.92. The fourth-order valence-electron chi connectivity index (χ4n) is 2.00. The molecule has 0 aliphatic rings. The van der Waals surface area contributed by atoms with Gasteiger partial charge in [0.25, 0.3) is 11.8 Å². The lowest BCUT2D eigenvalue weighted by molar-refractivity contribution is -0.131. The van der Waals surface area contributed by atoms with Gasteiger partial charge in [-0.25, -0.2) is 8.78 Å². The van der Waals surface area contributed by atoms with Crippen LogP contribution in [0.4, 0.5) is 8.78 Å². The van der Waals surface area contributed by atoms with Crippen LogP contribution in [0.3, 0.4) is 0 Å². The molecule has 0 spiro atoms. The number of hydrazine groups is 1. The largest absolute Gasteiger partial charge is 0.494 e. The smallest absolute Gasteiger partial charge is 0.279 e. The molecule has 0 heterocycles. The molecule has 0 bridgehead atoms. The van der Waals surface area contributed by atoms with Crippen LogP contribution in [0.2, 0.25) is 0 Å². The van der Waals surface area contributed by atoms with Gasteiger partial charge in [0.15, 0.2) is 17.7 Å². The highest BCUT2D eigenvalue weighted by Gasteiger charge is 2.15. The van der Waals surface area contributed by atoms with Gasteiger partial charge in [0.05, 0.1) is 7.11 Å². The lowest BCUT2D eigenvalue weighted by Gasteiger charge is -2.14. The van der Waals surface area contributed by atoms with Gasteiger partial charge >= 0.3 is 0 Å². The topological polar surface area (TPSA) is 76.7 Å². The Bertz CT molecular complexity index is 838. The van der Waals surface area contributed by atoms with Crippen LogP contribution in [0.15, 0.2) is 48.5 Å². The van der Waals surface area contributed by atoms with Crippen molar-refractivity contribution in [3.05, 3.63) is 65.7 Å². The fraction of sp³-hybridized carbons (Fsp3) is 0.158. The Balaban J connectivity index is 1.82. The fourth-order valence-corrected chi connectivity index (χ4v) is 2.00. The Morgan fingerprint density at radius 1 is 1.07 bits per heavy atom. The Hall–Kier alpha value is -3.42. The molecule has 2 rings (SSSR count). The van der Waals surface area contributed by atoms with E-state index in [9.17, 15) is 18.4 Å². The normalized spacial score (nSPS) is 11.7. The first-order chi connectivity index (χ1) is 12.9. The maximum Gasteiger partial charge on any atom is 0.279 e. The summed E-state index contributed by atoms with van der Waals surface area (Å²) in [4.78, 5) is 23.6. The second-order valence-corrected chi connectivity index (χ2v) is 5.42. The zero-order valence-corrected chi connectivity index (χ0v) is 14.7. The minimum atomic E-state index is -0.921. The molecular weight excluding hydrogens is 358 g/mol. The van der Waals surface area contributed by atoms with Crippen molar-refractivity contribution in [1.82, 2.24) is 10.9 Å². The minimum Gasteiger partial charge on any atom is -0.494 e. The van der Waals surface area contributed by atoms with Gasteiger partial charge < -0.3 is 9.47 Å². The molecule has 6 nitrogen and oxygen atoms in total. The molecule has 1 atom stereocenters. The molecule has 2 aromatic carbocycles. The highest BCUT2D eigenvalue weighted by Crippen LogP contribution is 2.18. The van der Waals surface area contributed by atoms with Crippen LogP contribution in [0.5, 0.6) is 11.5 Å². The zero-order valence-electron chi connectivity index (χ0n) is 14.7. The first kappa shape index (κ1) is 19.9. The lowest BCUT2D eigenvalue weighted by Crippen LogP contribution is -2.46. The molecule has 0 radical (unpaired) electrons. The third-order valence-corrected chi connectivity index (χ3v) is 3.41. The van der Waals surface area contributed by atoms with Gasteiger partial charge in [0, 0.05) is 6.08 Å². The Labute approximate surface area is 154 Å². The van der Waals surface area contributed by atoms with Gasteiger partial charge in [-0.15, -0.1) is 0 Å². The average Bonchev–Trinajstić information content (AvgIpc) is 2.66. The Morgan fingerprint density at radius 3 is 2.41 bits per heavy atom. The van der Waals surface area contributed by atoms with Crippen molar-refractivity contribution in [3.8, 4) is 11.5 Å². The molecule has 27 heavy (non-hydrogen) atoms. The molecular formula is C19H18F2N2O4. The second-order valence-electron chi connectivity index (χ2n) is 5.42. The van der Waals surface area contributed by atoms with Crippen LogP contribution in [0.25, 0.3) is 6.08 Å². The van der Waals surface area contributed by atoms with E-state index in [4.69, 9.17) is 9.47 Å². The monoisotopic (exact) mass is 376 g/mol. The van der Waals surface area contributed by atoms with Crippen LogP contribution in [0, 0.1) is 11.6 Å². The van der Waals surface area contributed by atoms with E-state index in [-0.39, 0.29) is 5.75 Å². The molecule has 0 aromatic heterocycles. The molecule has 2 N–H and O–H groups in total. The van der Waals surface area contributed by atoms with E-state index in [2.05, 4.69) is 10.9 Å². The predicted octanol–water partition coefficient (Wildman–Crippen LogP) is 2.60. The average molecular weight is 376 g/mol. The highest BCUT2D eigenvalue weighted by atomic mass is 19.1. The van der Waals surface area contributed by atoms with Gasteiger partial charge in [-0.2, -0.15) is 0 Å². The third kappa shape index (κ3) is 6.10. The standard InChI is InChI=1S/C19H18F2N2O4/c1-12(27-15-7-5-14(20)6-8-15)19(25)23-22-18(24)10-4-13-3-9-17(26-2)16(21)11-13/h3-12H,1-2H3,(H,22,24)(H,23,25)/b10-4+/t12-/m1/s1. The van der Waals surface area contributed by atoms with Crippen molar-refractivity contribution >= 4 is 17.9 Å². The van der Waals surface area contributed by atoms with Crippen molar-refractivity contribution < 1.29 is 27.8 Å². The summed E-state index contributed by atoms with van der Waals surface area (Å²) in [6.07, 6.45) is 1.59. The number of amides is 2. The zero-order chi connectivity index (χ0) is 19.8. The number of halogens is 2. The van der Waals surface area contributed by atoms with Crippen LogP contribution in [-0.4, -0.2) is 25.0 Å². The van der Waals surface area contributed by atoms with Gasteiger partial charge in [-0.1, -0.05) is 6.07 Å². The van der Waals surface area contributed by atoms with Crippen LogP contribution in [0.1, 0.15) is 12.5 Å².